The summed E-state index contributed by atoms with van der Waals surface area (Å²) in [6.45, 7) is 4.82. The van der Waals surface area contributed by atoms with E-state index in [4.69, 9.17) is 11.6 Å². The van der Waals surface area contributed by atoms with Crippen LogP contribution in [0.3, 0.4) is 0 Å². The van der Waals surface area contributed by atoms with Crippen molar-refractivity contribution in [3.05, 3.63) is 50.6 Å². The summed E-state index contributed by atoms with van der Waals surface area (Å²) in [5.74, 6) is 1.10. The van der Waals surface area contributed by atoms with Gasteiger partial charge < -0.3 is 5.32 Å². The maximum atomic E-state index is 13.1. The fourth-order valence-electron chi connectivity index (χ4n) is 1.98. The van der Waals surface area contributed by atoms with Gasteiger partial charge in [-0.3, -0.25) is 0 Å². The summed E-state index contributed by atoms with van der Waals surface area (Å²) in [6.07, 6.45) is 1.27. The van der Waals surface area contributed by atoms with Crippen LogP contribution in [0.2, 0.25) is 5.02 Å². The van der Waals surface area contributed by atoms with Crippen molar-refractivity contribution in [2.45, 2.75) is 26.7 Å². The van der Waals surface area contributed by atoms with Crippen LogP contribution < -0.4 is 5.32 Å². The smallest absolute Gasteiger partial charge is 0.144 e. The lowest BCUT2D eigenvalue weighted by Gasteiger charge is -2.12. The molecule has 6 heteroatoms. The van der Waals surface area contributed by atoms with E-state index in [1.165, 1.54) is 12.1 Å². The predicted molar refractivity (Wildman–Crippen MR) is 87.5 cm³/mol. The van der Waals surface area contributed by atoms with Crippen LogP contribution in [-0.4, -0.2) is 16.5 Å². The van der Waals surface area contributed by atoms with Gasteiger partial charge in [-0.25, -0.2) is 14.4 Å². The molecule has 0 saturated heterocycles. The van der Waals surface area contributed by atoms with Gasteiger partial charge in [-0.2, -0.15) is 0 Å². The molecule has 21 heavy (non-hydrogen) atoms. The second-order valence-corrected chi connectivity index (χ2v) is 5.75. The molecule has 0 spiro atoms. The van der Waals surface area contributed by atoms with Gasteiger partial charge >= 0.3 is 0 Å². The summed E-state index contributed by atoms with van der Waals surface area (Å²) in [6, 6.07) is 4.37. The molecule has 0 atom stereocenters. The van der Waals surface area contributed by atoms with Crippen molar-refractivity contribution in [2.75, 3.05) is 11.9 Å². The second kappa shape index (κ2) is 7.18. The van der Waals surface area contributed by atoms with Crippen LogP contribution in [0.1, 0.15) is 30.9 Å². The first-order valence-electron chi connectivity index (χ1n) is 6.78. The van der Waals surface area contributed by atoms with Crippen LogP contribution in [0.4, 0.5) is 10.2 Å². The highest BCUT2D eigenvalue weighted by Crippen LogP contribution is 2.26. The van der Waals surface area contributed by atoms with Gasteiger partial charge in [0.05, 0.1) is 10.2 Å². The molecule has 0 bridgehead atoms. The molecular weight excluding hydrogens is 357 g/mol. The Balaban J connectivity index is 2.37. The molecule has 0 aliphatic carbocycles. The van der Waals surface area contributed by atoms with Gasteiger partial charge in [0.1, 0.15) is 17.5 Å². The minimum absolute atomic E-state index is 0.344. The van der Waals surface area contributed by atoms with Gasteiger partial charge in [0.2, 0.25) is 0 Å². The van der Waals surface area contributed by atoms with Crippen molar-refractivity contribution < 1.29 is 4.39 Å². The standard InChI is InChI=1S/C15H16BrClFN3/c1-3-12-14(16)15(19-4-2)21-13(20-12)7-9-5-6-10(18)8-11(9)17/h5-6,8H,3-4,7H2,1-2H3,(H,19,20,21). The lowest BCUT2D eigenvalue weighted by atomic mass is 10.1. The molecular formula is C15H16BrClFN3. The van der Waals surface area contributed by atoms with E-state index in [0.29, 0.717) is 17.3 Å². The summed E-state index contributed by atoms with van der Waals surface area (Å²) in [4.78, 5) is 9.05. The lowest BCUT2D eigenvalue weighted by molar-refractivity contribution is 0.627. The van der Waals surface area contributed by atoms with Crippen LogP contribution in [0.5, 0.6) is 0 Å². The fraction of sp³-hybridized carbons (Fsp3) is 0.333. The Morgan fingerprint density at radius 2 is 2.05 bits per heavy atom. The molecule has 1 aromatic heterocycles. The maximum Gasteiger partial charge on any atom is 0.144 e. The minimum atomic E-state index is -0.344. The predicted octanol–water partition coefficient (Wildman–Crippen LogP) is 4.62. The first kappa shape index (κ1) is 16.2. The average Bonchev–Trinajstić information content (AvgIpc) is 2.45. The van der Waals surface area contributed by atoms with Crippen LogP contribution in [0, 0.1) is 5.82 Å². The van der Waals surface area contributed by atoms with E-state index in [1.54, 1.807) is 6.07 Å². The number of aryl methyl sites for hydroxylation is 1. The van der Waals surface area contributed by atoms with Gasteiger partial charge in [-0.15, -0.1) is 0 Å². The third-order valence-corrected chi connectivity index (χ3v) is 4.19. The molecule has 0 aliphatic heterocycles. The van der Waals surface area contributed by atoms with Crippen molar-refractivity contribution >= 4 is 33.3 Å². The van der Waals surface area contributed by atoms with Gasteiger partial charge in [-0.05, 0) is 47.0 Å². The van der Waals surface area contributed by atoms with Gasteiger partial charge in [0.25, 0.3) is 0 Å². The molecule has 2 rings (SSSR count). The zero-order valence-electron chi connectivity index (χ0n) is 11.9. The third kappa shape index (κ3) is 3.92. The number of benzene rings is 1. The SMILES string of the molecule is CCNc1nc(Cc2ccc(F)cc2Cl)nc(CC)c1Br. The van der Waals surface area contributed by atoms with E-state index in [2.05, 4.69) is 31.2 Å². The number of hydrogen-bond donors (Lipinski definition) is 1. The highest BCUT2D eigenvalue weighted by Gasteiger charge is 2.12. The Hall–Kier alpha value is -1.20. The van der Waals surface area contributed by atoms with Crippen LogP contribution >= 0.6 is 27.5 Å². The number of hydrogen-bond acceptors (Lipinski definition) is 3. The Kier molecular flexibility index (Phi) is 5.53. The van der Waals surface area contributed by atoms with Crippen LogP contribution in [0.15, 0.2) is 22.7 Å². The molecule has 0 radical (unpaired) electrons. The van der Waals surface area contributed by atoms with Crippen molar-refractivity contribution in [2.24, 2.45) is 0 Å². The third-order valence-electron chi connectivity index (χ3n) is 3.01. The Bertz CT molecular complexity index is 649. The maximum absolute atomic E-state index is 13.1. The number of halogens is 3. The molecule has 1 heterocycles. The summed E-state index contributed by atoms with van der Waals surface area (Å²) in [5.41, 5.74) is 1.75. The molecule has 2 aromatic rings. The molecule has 0 saturated carbocycles. The van der Waals surface area contributed by atoms with E-state index >= 15 is 0 Å². The zero-order valence-corrected chi connectivity index (χ0v) is 14.2. The topological polar surface area (TPSA) is 37.8 Å². The van der Waals surface area contributed by atoms with Crippen molar-refractivity contribution in [3.8, 4) is 0 Å². The molecule has 0 aliphatic rings. The molecule has 1 N–H and O–H groups in total. The highest BCUT2D eigenvalue weighted by atomic mass is 79.9. The molecule has 112 valence electrons. The average molecular weight is 373 g/mol. The van der Waals surface area contributed by atoms with Gasteiger partial charge in [0, 0.05) is 18.0 Å². The van der Waals surface area contributed by atoms with Crippen molar-refractivity contribution in [1.29, 1.82) is 0 Å². The molecule has 0 fully saturated rings. The molecule has 1 aromatic carbocycles. The van der Waals surface area contributed by atoms with E-state index in [-0.39, 0.29) is 5.82 Å². The van der Waals surface area contributed by atoms with Crippen LogP contribution in [-0.2, 0) is 12.8 Å². The van der Waals surface area contributed by atoms with Crippen molar-refractivity contribution in [1.82, 2.24) is 9.97 Å². The lowest BCUT2D eigenvalue weighted by Crippen LogP contribution is -2.08. The normalized spacial score (nSPS) is 10.7. The van der Waals surface area contributed by atoms with Crippen LogP contribution in [0.25, 0.3) is 0 Å². The van der Waals surface area contributed by atoms with E-state index in [0.717, 1.165) is 34.5 Å². The number of nitrogens with zero attached hydrogens (tertiary/aromatic N) is 2. The summed E-state index contributed by atoms with van der Waals surface area (Å²) in [5, 5.41) is 3.60. The zero-order chi connectivity index (χ0) is 15.4. The molecule has 0 amide bonds. The van der Waals surface area contributed by atoms with E-state index < -0.39 is 0 Å². The largest absolute Gasteiger partial charge is 0.369 e. The number of rotatable bonds is 5. The highest BCUT2D eigenvalue weighted by molar-refractivity contribution is 9.10. The number of nitrogens with one attached hydrogen (secondary N) is 1. The Morgan fingerprint density at radius 3 is 2.67 bits per heavy atom. The Morgan fingerprint density at radius 1 is 1.29 bits per heavy atom. The number of aromatic nitrogens is 2. The molecule has 0 unspecified atom stereocenters. The fourth-order valence-corrected chi connectivity index (χ4v) is 2.81. The first-order valence-corrected chi connectivity index (χ1v) is 7.95. The van der Waals surface area contributed by atoms with Crippen molar-refractivity contribution in [3.63, 3.8) is 0 Å². The monoisotopic (exact) mass is 371 g/mol. The van der Waals surface area contributed by atoms with E-state index in [9.17, 15) is 4.39 Å². The second-order valence-electron chi connectivity index (χ2n) is 4.55. The van der Waals surface area contributed by atoms with E-state index in [1.807, 2.05) is 13.8 Å². The quantitative estimate of drug-likeness (QED) is 0.832. The van der Waals surface area contributed by atoms with Gasteiger partial charge in [-0.1, -0.05) is 24.6 Å². The summed E-state index contributed by atoms with van der Waals surface area (Å²) >= 11 is 9.59. The molecule has 3 nitrogen and oxygen atoms in total. The number of anilines is 1. The summed E-state index contributed by atoms with van der Waals surface area (Å²) < 4.78 is 14.0. The summed E-state index contributed by atoms with van der Waals surface area (Å²) in [7, 11) is 0. The first-order chi connectivity index (χ1) is 10.0. The Labute approximate surface area is 137 Å². The van der Waals surface area contributed by atoms with Gasteiger partial charge in [0.15, 0.2) is 0 Å². The minimum Gasteiger partial charge on any atom is -0.369 e.